The van der Waals surface area contributed by atoms with Crippen LogP contribution in [-0.2, 0) is 9.53 Å². The molecule has 0 aromatic heterocycles. The Hall–Kier alpha value is -1.66. The van der Waals surface area contributed by atoms with Gasteiger partial charge in [-0.25, -0.2) is 4.79 Å². The fourth-order valence-corrected chi connectivity index (χ4v) is 2.38. The van der Waals surface area contributed by atoms with Gasteiger partial charge in [-0.3, -0.25) is 4.79 Å². The molecule has 1 aliphatic rings. The van der Waals surface area contributed by atoms with Gasteiger partial charge in [0.2, 0.25) is 5.91 Å². The van der Waals surface area contributed by atoms with Crippen molar-refractivity contribution in [1.82, 2.24) is 4.90 Å². The molecule has 2 rings (SSSR count). The Kier molecular flexibility index (Phi) is 4.57. The molecule has 2 amide bonds. The largest absolute Gasteiger partial charge is 0.448 e. The Morgan fingerprint density at radius 1 is 1.40 bits per heavy atom. The Labute approximate surface area is 125 Å². The van der Waals surface area contributed by atoms with E-state index in [-0.39, 0.29) is 28.9 Å². The first-order valence-corrected chi connectivity index (χ1v) is 6.69. The summed E-state index contributed by atoms with van der Waals surface area (Å²) in [5.74, 6) is -0.293. The number of benzene rings is 1. The molecule has 8 heteroatoms. The third-order valence-electron chi connectivity index (χ3n) is 2.78. The molecule has 0 bridgehead atoms. The molecule has 0 radical (unpaired) electrons. The van der Waals surface area contributed by atoms with Gasteiger partial charge in [-0.15, -0.1) is 0 Å². The summed E-state index contributed by atoms with van der Waals surface area (Å²) < 4.78 is 4.77. The zero-order valence-electron chi connectivity index (χ0n) is 10.5. The maximum atomic E-state index is 11.8. The minimum Gasteiger partial charge on any atom is -0.448 e. The molecule has 3 N–H and O–H groups in total. The van der Waals surface area contributed by atoms with Crippen molar-refractivity contribution in [2.75, 3.05) is 30.7 Å². The predicted molar refractivity (Wildman–Crippen MR) is 77.0 cm³/mol. The van der Waals surface area contributed by atoms with Crippen molar-refractivity contribution in [2.45, 2.75) is 6.42 Å². The summed E-state index contributed by atoms with van der Waals surface area (Å²) in [6.45, 7) is 1.14. The van der Waals surface area contributed by atoms with Gasteiger partial charge in [-0.05, 0) is 12.1 Å². The summed E-state index contributed by atoms with van der Waals surface area (Å²) in [5, 5.41) is 3.14. The normalized spacial score (nSPS) is 14.3. The van der Waals surface area contributed by atoms with Gasteiger partial charge in [0.15, 0.2) is 0 Å². The number of halogens is 2. The van der Waals surface area contributed by atoms with Crippen LogP contribution in [-0.4, -0.2) is 36.6 Å². The summed E-state index contributed by atoms with van der Waals surface area (Å²) in [7, 11) is 0. The number of nitrogens with one attached hydrogen (secondary N) is 1. The van der Waals surface area contributed by atoms with Crippen molar-refractivity contribution in [2.24, 2.45) is 0 Å². The number of nitrogens with two attached hydrogens (primary N) is 1. The number of nitrogens with zero attached hydrogens (tertiary/aromatic N) is 1. The second-order valence-corrected chi connectivity index (χ2v) is 5.07. The topological polar surface area (TPSA) is 84.7 Å². The van der Waals surface area contributed by atoms with Gasteiger partial charge < -0.3 is 20.7 Å². The predicted octanol–water partition coefficient (Wildman–Crippen LogP) is 2.36. The molecular formula is C12H13Cl2N3O3. The fourth-order valence-electron chi connectivity index (χ4n) is 1.78. The van der Waals surface area contributed by atoms with Crippen LogP contribution in [0.3, 0.4) is 0 Å². The maximum Gasteiger partial charge on any atom is 0.409 e. The molecule has 1 fully saturated rings. The molecule has 108 valence electrons. The molecular weight excluding hydrogens is 305 g/mol. The van der Waals surface area contributed by atoms with Gasteiger partial charge in [0, 0.05) is 18.7 Å². The lowest BCUT2D eigenvalue weighted by atomic mass is 10.2. The van der Waals surface area contributed by atoms with E-state index in [2.05, 4.69) is 5.32 Å². The number of anilines is 2. The van der Waals surface area contributed by atoms with Crippen molar-refractivity contribution in [3.63, 3.8) is 0 Å². The smallest absolute Gasteiger partial charge is 0.409 e. The molecule has 6 nitrogen and oxygen atoms in total. The number of rotatable bonds is 4. The van der Waals surface area contributed by atoms with Gasteiger partial charge in [0.1, 0.15) is 6.61 Å². The van der Waals surface area contributed by atoms with Crippen molar-refractivity contribution >= 4 is 46.6 Å². The van der Waals surface area contributed by atoms with Gasteiger partial charge in [-0.2, -0.15) is 0 Å². The molecule has 1 saturated heterocycles. The summed E-state index contributed by atoms with van der Waals surface area (Å²) in [6, 6.07) is 3.00. The van der Waals surface area contributed by atoms with Crippen molar-refractivity contribution in [3.05, 3.63) is 22.2 Å². The molecule has 0 unspecified atom stereocenters. The second kappa shape index (κ2) is 6.19. The standard InChI is InChI=1S/C12H13Cl2N3O3/c13-8-5-7(15)6-9(14)11(8)16-10(18)1-2-17-3-4-20-12(17)19/h5-6H,1-4,15H2,(H,16,18). The first kappa shape index (κ1) is 14.7. The first-order chi connectivity index (χ1) is 9.47. The van der Waals surface area contributed by atoms with Crippen molar-refractivity contribution in [3.8, 4) is 0 Å². The Morgan fingerprint density at radius 2 is 2.05 bits per heavy atom. The molecule has 1 aliphatic heterocycles. The molecule has 1 heterocycles. The molecule has 0 aliphatic carbocycles. The van der Waals surface area contributed by atoms with E-state index < -0.39 is 6.09 Å². The van der Waals surface area contributed by atoms with Crippen LogP contribution in [0, 0.1) is 0 Å². The number of hydrogen-bond donors (Lipinski definition) is 2. The Bertz CT molecular complexity index is 528. The highest BCUT2D eigenvalue weighted by atomic mass is 35.5. The van der Waals surface area contributed by atoms with Crippen LogP contribution in [0.4, 0.5) is 16.2 Å². The van der Waals surface area contributed by atoms with Gasteiger partial charge in [0.05, 0.1) is 22.3 Å². The highest BCUT2D eigenvalue weighted by molar-refractivity contribution is 6.40. The zero-order chi connectivity index (χ0) is 14.7. The molecule has 0 saturated carbocycles. The lowest BCUT2D eigenvalue weighted by Gasteiger charge is -2.13. The average Bonchev–Trinajstić information content (AvgIpc) is 2.77. The number of carbonyl (C=O) groups is 2. The zero-order valence-corrected chi connectivity index (χ0v) is 12.0. The van der Waals surface area contributed by atoms with E-state index in [0.29, 0.717) is 24.5 Å². The number of ether oxygens (including phenoxy) is 1. The number of hydrogen-bond acceptors (Lipinski definition) is 4. The summed E-state index contributed by atoms with van der Waals surface area (Å²) in [5.41, 5.74) is 6.31. The quantitative estimate of drug-likeness (QED) is 0.835. The summed E-state index contributed by atoms with van der Waals surface area (Å²) in [6.07, 6.45) is -0.270. The van der Waals surface area contributed by atoms with Gasteiger partial charge >= 0.3 is 6.09 Å². The fraction of sp³-hybridized carbons (Fsp3) is 0.333. The lowest BCUT2D eigenvalue weighted by molar-refractivity contribution is -0.116. The monoisotopic (exact) mass is 317 g/mol. The van der Waals surface area contributed by atoms with E-state index in [4.69, 9.17) is 33.7 Å². The summed E-state index contributed by atoms with van der Waals surface area (Å²) in [4.78, 5) is 24.5. The van der Waals surface area contributed by atoms with Crippen LogP contribution in [0.25, 0.3) is 0 Å². The third-order valence-corrected chi connectivity index (χ3v) is 3.38. The first-order valence-electron chi connectivity index (χ1n) is 5.93. The minimum absolute atomic E-state index is 0.131. The SMILES string of the molecule is Nc1cc(Cl)c(NC(=O)CCN2CCOC2=O)c(Cl)c1. The molecule has 0 spiro atoms. The van der Waals surface area contributed by atoms with Crippen molar-refractivity contribution in [1.29, 1.82) is 0 Å². The second-order valence-electron chi connectivity index (χ2n) is 4.26. The number of carbonyl (C=O) groups excluding carboxylic acids is 2. The van der Waals surface area contributed by atoms with E-state index in [1.165, 1.54) is 17.0 Å². The van der Waals surface area contributed by atoms with E-state index in [1.807, 2.05) is 0 Å². The van der Waals surface area contributed by atoms with Crippen LogP contribution in [0.15, 0.2) is 12.1 Å². The molecule has 1 aromatic rings. The highest BCUT2D eigenvalue weighted by Gasteiger charge is 2.22. The van der Waals surface area contributed by atoms with E-state index in [1.54, 1.807) is 0 Å². The number of amides is 2. The molecule has 20 heavy (non-hydrogen) atoms. The maximum absolute atomic E-state index is 11.8. The van der Waals surface area contributed by atoms with E-state index in [9.17, 15) is 9.59 Å². The minimum atomic E-state index is -0.402. The summed E-state index contributed by atoms with van der Waals surface area (Å²) >= 11 is 11.9. The third kappa shape index (κ3) is 3.46. The number of nitrogen functional groups attached to an aromatic ring is 1. The number of cyclic esters (lactones) is 1. The molecule has 0 atom stereocenters. The Balaban J connectivity index is 1.93. The lowest BCUT2D eigenvalue weighted by Crippen LogP contribution is -2.28. The average molecular weight is 318 g/mol. The van der Waals surface area contributed by atoms with E-state index in [0.717, 1.165) is 0 Å². The Morgan fingerprint density at radius 3 is 2.60 bits per heavy atom. The van der Waals surface area contributed by atoms with Crippen LogP contribution >= 0.6 is 23.2 Å². The van der Waals surface area contributed by atoms with E-state index >= 15 is 0 Å². The van der Waals surface area contributed by atoms with Crippen LogP contribution in [0.2, 0.25) is 10.0 Å². The highest BCUT2D eigenvalue weighted by Crippen LogP contribution is 2.32. The van der Waals surface area contributed by atoms with Gasteiger partial charge in [-0.1, -0.05) is 23.2 Å². The van der Waals surface area contributed by atoms with Crippen LogP contribution < -0.4 is 11.1 Å². The van der Waals surface area contributed by atoms with Gasteiger partial charge in [0.25, 0.3) is 0 Å². The molecule has 1 aromatic carbocycles. The van der Waals surface area contributed by atoms with Crippen molar-refractivity contribution < 1.29 is 14.3 Å². The van der Waals surface area contributed by atoms with Crippen LogP contribution in [0.1, 0.15) is 6.42 Å². The van der Waals surface area contributed by atoms with Crippen LogP contribution in [0.5, 0.6) is 0 Å².